The highest BCUT2D eigenvalue weighted by molar-refractivity contribution is 5.99. The number of nitrogens with two attached hydrogens (primary N) is 3. The number of hydrogen-bond donors (Lipinski definition) is 5. The first-order valence-electron chi connectivity index (χ1n) is 15.4. The van der Waals surface area contributed by atoms with Crippen LogP contribution in [0.2, 0.25) is 0 Å². The normalized spacial score (nSPS) is 13.8. The zero-order valence-corrected chi connectivity index (χ0v) is 26.3. The van der Waals surface area contributed by atoms with Gasteiger partial charge in [0.15, 0.2) is 0 Å². The van der Waals surface area contributed by atoms with E-state index in [0.717, 1.165) is 56.3 Å². The summed E-state index contributed by atoms with van der Waals surface area (Å²) in [7, 11) is 0. The van der Waals surface area contributed by atoms with Gasteiger partial charge in [0.25, 0.3) is 0 Å². The van der Waals surface area contributed by atoms with Crippen molar-refractivity contribution in [3.05, 3.63) is 65.4 Å². The second kappa shape index (κ2) is 14.8. The highest BCUT2D eigenvalue weighted by Crippen LogP contribution is 2.32. The molecule has 1 saturated heterocycles. The van der Waals surface area contributed by atoms with Crippen LogP contribution in [0, 0.1) is 6.92 Å². The number of amides is 2. The Balaban J connectivity index is 1.41. The van der Waals surface area contributed by atoms with Gasteiger partial charge >= 0.3 is 0 Å². The number of nitrogens with zero attached hydrogens (tertiary/aromatic N) is 5. The molecule has 14 heteroatoms. The van der Waals surface area contributed by atoms with E-state index < -0.39 is 11.8 Å². The third kappa shape index (κ3) is 7.76. The van der Waals surface area contributed by atoms with Crippen LogP contribution < -0.4 is 32.6 Å². The summed E-state index contributed by atoms with van der Waals surface area (Å²) in [6.07, 6.45) is 4.78. The van der Waals surface area contributed by atoms with Gasteiger partial charge in [-0.1, -0.05) is 12.2 Å². The van der Waals surface area contributed by atoms with Crippen molar-refractivity contribution >= 4 is 46.0 Å². The average molecular weight is 631 g/mol. The van der Waals surface area contributed by atoms with Crippen molar-refractivity contribution < 1.29 is 19.1 Å². The summed E-state index contributed by atoms with van der Waals surface area (Å²) in [4.78, 5) is 30.9. The molecule has 0 atom stereocenters. The fraction of sp³-hybridized carbons (Fsp3) is 0.375. The van der Waals surface area contributed by atoms with Crippen LogP contribution in [0.25, 0.3) is 11.0 Å². The minimum Gasteiger partial charge on any atom is -0.491 e. The second-order valence-electron chi connectivity index (χ2n) is 11.0. The monoisotopic (exact) mass is 630 g/mol. The Morgan fingerprint density at radius 2 is 1.85 bits per heavy atom. The van der Waals surface area contributed by atoms with Gasteiger partial charge in [-0.05, 0) is 50.6 Å². The van der Waals surface area contributed by atoms with Gasteiger partial charge in [-0.3, -0.25) is 14.5 Å². The molecule has 14 nitrogen and oxygen atoms in total. The zero-order chi connectivity index (χ0) is 32.6. The summed E-state index contributed by atoms with van der Waals surface area (Å²) in [5.74, 6) is 0.796. The highest BCUT2D eigenvalue weighted by Gasteiger charge is 2.20. The standard InChI is InChI=1S/C32H42N10O4/c1-3-42-28(17-21(2)39-42)38-32-37-26-19-23(31(35)44)20-27(46-14-6-10-40-12-15-45-16-13-40)29(26)41(32)11-5-4-9-36-25-8-7-22(30(34)43)18-24(25)33/h4-5,7-8,17-20,36H,3,6,9-16,33H2,1-2H3,(H2,34,43)(H2,35,44)(H,37,38)/b5-4+. The maximum Gasteiger partial charge on any atom is 0.248 e. The van der Waals surface area contributed by atoms with Crippen molar-refractivity contribution in [3.8, 4) is 5.75 Å². The quantitative estimate of drug-likeness (QED) is 0.0741. The van der Waals surface area contributed by atoms with Crippen LogP contribution in [0.4, 0.5) is 23.1 Å². The lowest BCUT2D eigenvalue weighted by Gasteiger charge is -2.26. The number of nitrogen functional groups attached to an aromatic ring is 1. The molecule has 1 fully saturated rings. The fourth-order valence-corrected chi connectivity index (χ4v) is 5.36. The van der Waals surface area contributed by atoms with Crippen molar-refractivity contribution in [2.45, 2.75) is 33.4 Å². The number of imidazole rings is 1. The zero-order valence-electron chi connectivity index (χ0n) is 26.3. The summed E-state index contributed by atoms with van der Waals surface area (Å²) >= 11 is 0. The number of aromatic nitrogens is 4. The molecule has 0 unspecified atom stereocenters. The molecule has 0 saturated carbocycles. The third-order valence-corrected chi connectivity index (χ3v) is 7.71. The Kier molecular flexibility index (Phi) is 10.4. The lowest BCUT2D eigenvalue weighted by Crippen LogP contribution is -2.37. The summed E-state index contributed by atoms with van der Waals surface area (Å²) in [6, 6.07) is 10.2. The third-order valence-electron chi connectivity index (χ3n) is 7.71. The predicted molar refractivity (Wildman–Crippen MR) is 179 cm³/mol. The van der Waals surface area contributed by atoms with Crippen molar-refractivity contribution in [2.24, 2.45) is 11.5 Å². The number of benzene rings is 2. The number of fused-ring (bicyclic) bond motifs is 1. The average Bonchev–Trinajstić information content (AvgIpc) is 3.58. The van der Waals surface area contributed by atoms with E-state index in [0.29, 0.717) is 66.0 Å². The van der Waals surface area contributed by atoms with Crippen LogP contribution in [0.3, 0.4) is 0 Å². The number of ether oxygens (including phenoxy) is 2. The molecule has 46 heavy (non-hydrogen) atoms. The van der Waals surface area contributed by atoms with Gasteiger partial charge in [-0.25, -0.2) is 9.67 Å². The number of carbonyl (C=O) groups excluding carboxylic acids is 2. The molecule has 0 bridgehead atoms. The number of hydrogen-bond acceptors (Lipinski definition) is 10. The molecule has 2 amide bonds. The first kappa shape index (κ1) is 32.3. The SMILES string of the molecule is CCn1nc(C)cc1Nc1nc2cc(C(N)=O)cc(OCCCN3CCOCC3)c2n1C/C=C/CNc1ccc(C(N)=O)cc1N. The molecular weight excluding hydrogens is 588 g/mol. The summed E-state index contributed by atoms with van der Waals surface area (Å²) in [6.45, 7) is 10.2. The number of nitrogens with one attached hydrogen (secondary N) is 2. The van der Waals surface area contributed by atoms with Crippen molar-refractivity contribution in [1.29, 1.82) is 0 Å². The summed E-state index contributed by atoms with van der Waals surface area (Å²) in [5.41, 5.74) is 21.1. The molecule has 2 aromatic heterocycles. The van der Waals surface area contributed by atoms with Crippen LogP contribution in [0.1, 0.15) is 39.8 Å². The summed E-state index contributed by atoms with van der Waals surface area (Å²) < 4.78 is 15.6. The molecule has 0 spiro atoms. The Morgan fingerprint density at radius 1 is 1.07 bits per heavy atom. The van der Waals surface area contributed by atoms with E-state index in [1.165, 1.54) is 0 Å². The minimum atomic E-state index is -0.557. The first-order valence-corrected chi connectivity index (χ1v) is 15.4. The number of carbonyl (C=O) groups is 2. The van der Waals surface area contributed by atoms with Gasteiger partial charge in [0.2, 0.25) is 17.8 Å². The molecule has 1 aliphatic heterocycles. The lowest BCUT2D eigenvalue weighted by molar-refractivity contribution is 0.0358. The van der Waals surface area contributed by atoms with E-state index in [1.807, 2.05) is 41.3 Å². The topological polar surface area (TPSA) is 194 Å². The smallest absolute Gasteiger partial charge is 0.248 e. The van der Waals surface area contributed by atoms with Crippen LogP contribution in [-0.4, -0.2) is 82.0 Å². The van der Waals surface area contributed by atoms with Crippen LogP contribution in [0.15, 0.2) is 48.6 Å². The van der Waals surface area contributed by atoms with Gasteiger partial charge in [-0.2, -0.15) is 5.10 Å². The van der Waals surface area contributed by atoms with E-state index in [1.54, 1.807) is 30.3 Å². The molecule has 0 radical (unpaired) electrons. The number of primary amides is 2. The van der Waals surface area contributed by atoms with Crippen molar-refractivity contribution in [3.63, 3.8) is 0 Å². The maximum atomic E-state index is 12.3. The van der Waals surface area contributed by atoms with Crippen LogP contribution in [0.5, 0.6) is 5.75 Å². The predicted octanol–water partition coefficient (Wildman–Crippen LogP) is 2.85. The number of morpholine rings is 1. The van der Waals surface area contributed by atoms with Gasteiger partial charge in [0, 0.05) is 56.5 Å². The Labute approximate surface area is 267 Å². The van der Waals surface area contributed by atoms with E-state index >= 15 is 0 Å². The van der Waals surface area contributed by atoms with E-state index in [9.17, 15) is 9.59 Å². The van der Waals surface area contributed by atoms with Crippen LogP contribution in [-0.2, 0) is 17.8 Å². The van der Waals surface area contributed by atoms with Crippen molar-refractivity contribution in [2.75, 3.05) is 62.4 Å². The number of anilines is 4. The Morgan fingerprint density at radius 3 is 2.57 bits per heavy atom. The number of rotatable bonds is 15. The molecule has 0 aliphatic carbocycles. The second-order valence-corrected chi connectivity index (χ2v) is 11.0. The largest absolute Gasteiger partial charge is 0.491 e. The van der Waals surface area contributed by atoms with E-state index in [4.69, 9.17) is 31.7 Å². The van der Waals surface area contributed by atoms with Gasteiger partial charge in [0.1, 0.15) is 17.1 Å². The minimum absolute atomic E-state index is 0.320. The van der Waals surface area contributed by atoms with E-state index in [2.05, 4.69) is 20.6 Å². The summed E-state index contributed by atoms with van der Waals surface area (Å²) in [5, 5.41) is 11.2. The Hall–Kier alpha value is -5.08. The molecular formula is C32H42N10O4. The Bertz CT molecular complexity index is 1720. The number of aryl methyl sites for hydroxylation is 2. The van der Waals surface area contributed by atoms with E-state index in [-0.39, 0.29) is 0 Å². The van der Waals surface area contributed by atoms with Gasteiger partial charge in [-0.15, -0.1) is 0 Å². The first-order chi connectivity index (χ1) is 22.2. The molecule has 2 aromatic carbocycles. The molecule has 244 valence electrons. The van der Waals surface area contributed by atoms with Gasteiger partial charge < -0.3 is 41.9 Å². The molecule has 8 N–H and O–H groups in total. The van der Waals surface area contributed by atoms with Gasteiger partial charge in [0.05, 0.1) is 42.4 Å². The number of allylic oxidation sites excluding steroid dienone is 1. The molecule has 4 aromatic rings. The fourth-order valence-electron chi connectivity index (χ4n) is 5.36. The molecule has 1 aliphatic rings. The lowest BCUT2D eigenvalue weighted by atomic mass is 10.1. The molecule has 3 heterocycles. The maximum absolute atomic E-state index is 12.3. The highest BCUT2D eigenvalue weighted by atomic mass is 16.5. The molecule has 5 rings (SSSR count). The van der Waals surface area contributed by atoms with Crippen molar-refractivity contribution in [1.82, 2.24) is 24.2 Å². The van der Waals surface area contributed by atoms with Crippen LogP contribution >= 0.6 is 0 Å².